The molecule has 96 valence electrons. The van der Waals surface area contributed by atoms with E-state index in [4.69, 9.17) is 0 Å². The summed E-state index contributed by atoms with van der Waals surface area (Å²) >= 11 is 0. The van der Waals surface area contributed by atoms with Crippen molar-refractivity contribution >= 4 is 21.0 Å². The van der Waals surface area contributed by atoms with E-state index in [1.54, 1.807) is 24.3 Å². The molecular formula is C10H6F3NO3S. The van der Waals surface area contributed by atoms with Gasteiger partial charge in [0, 0.05) is 5.39 Å². The predicted molar refractivity (Wildman–Crippen MR) is 57.3 cm³/mol. The zero-order chi connectivity index (χ0) is 13.4. The van der Waals surface area contributed by atoms with Gasteiger partial charge in [0.05, 0.1) is 11.7 Å². The fourth-order valence-corrected chi connectivity index (χ4v) is 1.71. The van der Waals surface area contributed by atoms with Crippen LogP contribution in [-0.4, -0.2) is 18.9 Å². The average Bonchev–Trinajstić information content (AvgIpc) is 2.27. The molecule has 0 radical (unpaired) electrons. The minimum atomic E-state index is -5.66. The maximum Gasteiger partial charge on any atom is 0.534 e. The SMILES string of the molecule is O=S(=O)(Oc1cnc2ccccc2c1)C(F)(F)F. The molecule has 0 bridgehead atoms. The first-order valence-electron chi connectivity index (χ1n) is 4.65. The Kier molecular flexibility index (Phi) is 2.89. The lowest BCUT2D eigenvalue weighted by Crippen LogP contribution is -2.28. The first-order chi connectivity index (χ1) is 8.29. The van der Waals surface area contributed by atoms with Gasteiger partial charge in [-0.1, -0.05) is 18.2 Å². The number of aromatic nitrogens is 1. The molecule has 8 heteroatoms. The Bertz CT molecular complexity index is 682. The van der Waals surface area contributed by atoms with Gasteiger partial charge in [-0.25, -0.2) is 0 Å². The van der Waals surface area contributed by atoms with Crippen molar-refractivity contribution in [1.82, 2.24) is 4.98 Å². The Hall–Kier alpha value is -1.83. The molecule has 1 aromatic heterocycles. The van der Waals surface area contributed by atoms with Gasteiger partial charge in [0.25, 0.3) is 0 Å². The minimum absolute atomic E-state index is 0.479. The molecule has 2 aromatic rings. The van der Waals surface area contributed by atoms with Crippen LogP contribution in [0.3, 0.4) is 0 Å². The fraction of sp³-hybridized carbons (Fsp3) is 0.100. The Balaban J connectivity index is 2.39. The highest BCUT2D eigenvalue weighted by molar-refractivity contribution is 7.88. The van der Waals surface area contributed by atoms with Crippen molar-refractivity contribution in [1.29, 1.82) is 0 Å². The number of para-hydroxylation sites is 1. The number of halogens is 3. The molecule has 2 rings (SSSR count). The highest BCUT2D eigenvalue weighted by Gasteiger charge is 2.48. The molecule has 0 aliphatic rings. The standard InChI is InChI=1S/C10H6F3NO3S/c11-10(12,13)18(15,16)17-8-5-7-3-1-2-4-9(7)14-6-8/h1-6H. The van der Waals surface area contributed by atoms with E-state index in [-0.39, 0.29) is 0 Å². The third-order valence-electron chi connectivity index (χ3n) is 2.05. The second kappa shape index (κ2) is 4.13. The average molecular weight is 277 g/mol. The molecule has 1 aromatic carbocycles. The van der Waals surface area contributed by atoms with Gasteiger partial charge < -0.3 is 4.18 Å². The second-order valence-corrected chi connectivity index (χ2v) is 4.88. The van der Waals surface area contributed by atoms with E-state index in [0.717, 1.165) is 6.20 Å². The van der Waals surface area contributed by atoms with Crippen molar-refractivity contribution in [2.24, 2.45) is 0 Å². The molecule has 0 unspecified atom stereocenters. The molecule has 0 N–H and O–H groups in total. The van der Waals surface area contributed by atoms with Crippen LogP contribution in [0.2, 0.25) is 0 Å². The number of hydrogen-bond donors (Lipinski definition) is 0. The first kappa shape index (κ1) is 12.6. The Morgan fingerprint density at radius 1 is 1.17 bits per heavy atom. The van der Waals surface area contributed by atoms with Gasteiger partial charge in [0.15, 0.2) is 5.75 Å². The van der Waals surface area contributed by atoms with E-state index in [9.17, 15) is 21.6 Å². The largest absolute Gasteiger partial charge is 0.534 e. The number of benzene rings is 1. The van der Waals surface area contributed by atoms with Crippen molar-refractivity contribution in [2.75, 3.05) is 0 Å². The number of alkyl halides is 3. The molecule has 0 aliphatic heterocycles. The number of rotatable bonds is 2. The summed E-state index contributed by atoms with van der Waals surface area (Å²) in [6.07, 6.45) is 0.922. The van der Waals surface area contributed by atoms with Gasteiger partial charge in [0.1, 0.15) is 0 Å². The van der Waals surface area contributed by atoms with Crippen molar-refractivity contribution in [2.45, 2.75) is 5.51 Å². The van der Waals surface area contributed by atoms with Gasteiger partial charge in [-0.3, -0.25) is 4.98 Å². The summed E-state index contributed by atoms with van der Waals surface area (Å²) in [4.78, 5) is 3.79. The molecule has 0 atom stereocenters. The smallest absolute Gasteiger partial charge is 0.374 e. The van der Waals surface area contributed by atoms with Crippen molar-refractivity contribution < 1.29 is 25.8 Å². The van der Waals surface area contributed by atoms with Crippen molar-refractivity contribution in [3.05, 3.63) is 36.5 Å². The minimum Gasteiger partial charge on any atom is -0.374 e. The number of hydrogen-bond acceptors (Lipinski definition) is 4. The summed E-state index contributed by atoms with van der Waals surface area (Å²) in [5, 5.41) is 0.479. The molecule has 0 amide bonds. The van der Waals surface area contributed by atoms with Crippen molar-refractivity contribution in [3.8, 4) is 5.75 Å². The maximum atomic E-state index is 12.1. The summed E-state index contributed by atoms with van der Waals surface area (Å²) in [6.45, 7) is 0. The third-order valence-corrected chi connectivity index (χ3v) is 3.03. The monoisotopic (exact) mass is 277 g/mol. The van der Waals surface area contributed by atoms with E-state index in [2.05, 4.69) is 9.17 Å². The topological polar surface area (TPSA) is 56.3 Å². The van der Waals surface area contributed by atoms with Crippen LogP contribution in [0, 0.1) is 0 Å². The highest BCUT2D eigenvalue weighted by atomic mass is 32.2. The molecule has 18 heavy (non-hydrogen) atoms. The Morgan fingerprint density at radius 2 is 1.83 bits per heavy atom. The zero-order valence-corrected chi connectivity index (χ0v) is 9.49. The third kappa shape index (κ3) is 2.37. The lowest BCUT2D eigenvalue weighted by Gasteiger charge is -2.09. The Labute approximate surface area is 100 Å². The van der Waals surface area contributed by atoms with Crippen LogP contribution in [-0.2, 0) is 10.1 Å². The predicted octanol–water partition coefficient (Wildman–Crippen LogP) is 2.46. The molecule has 0 fully saturated rings. The van der Waals surface area contributed by atoms with Crippen LogP contribution in [0.5, 0.6) is 5.75 Å². The summed E-state index contributed by atoms with van der Waals surface area (Å²) in [7, 11) is -5.66. The van der Waals surface area contributed by atoms with E-state index in [0.29, 0.717) is 10.9 Å². The summed E-state index contributed by atoms with van der Waals surface area (Å²) < 4.78 is 61.8. The van der Waals surface area contributed by atoms with Gasteiger partial charge in [-0.2, -0.15) is 21.6 Å². The fourth-order valence-electron chi connectivity index (χ4n) is 1.27. The van der Waals surface area contributed by atoms with Gasteiger partial charge in [-0.15, -0.1) is 0 Å². The molecule has 0 spiro atoms. The first-order valence-corrected chi connectivity index (χ1v) is 6.06. The van der Waals surface area contributed by atoms with E-state index in [1.807, 2.05) is 0 Å². The molecule has 4 nitrogen and oxygen atoms in total. The lowest BCUT2D eigenvalue weighted by molar-refractivity contribution is -0.0500. The normalized spacial score (nSPS) is 12.6. The van der Waals surface area contributed by atoms with E-state index in [1.165, 1.54) is 6.07 Å². The van der Waals surface area contributed by atoms with Crippen LogP contribution >= 0.6 is 0 Å². The second-order valence-electron chi connectivity index (χ2n) is 3.35. The molecule has 0 saturated carbocycles. The summed E-state index contributed by atoms with van der Waals surface area (Å²) in [6, 6.07) is 7.73. The van der Waals surface area contributed by atoms with Crippen LogP contribution < -0.4 is 4.18 Å². The quantitative estimate of drug-likeness (QED) is 0.625. The zero-order valence-electron chi connectivity index (χ0n) is 8.68. The number of pyridine rings is 1. The summed E-state index contributed by atoms with van der Waals surface area (Å²) in [5.74, 6) is -0.481. The maximum absolute atomic E-state index is 12.1. The molecular weight excluding hydrogens is 271 g/mol. The number of fused-ring (bicyclic) bond motifs is 1. The van der Waals surface area contributed by atoms with Crippen molar-refractivity contribution in [3.63, 3.8) is 0 Å². The van der Waals surface area contributed by atoms with Crippen LogP contribution in [0.4, 0.5) is 13.2 Å². The Morgan fingerprint density at radius 3 is 2.50 bits per heavy atom. The molecule has 0 saturated heterocycles. The number of nitrogens with zero attached hydrogens (tertiary/aromatic N) is 1. The molecule has 1 heterocycles. The van der Waals surface area contributed by atoms with E-state index < -0.39 is 21.4 Å². The van der Waals surface area contributed by atoms with Gasteiger partial charge >= 0.3 is 15.6 Å². The summed E-state index contributed by atoms with van der Waals surface area (Å²) in [5.41, 5.74) is -4.94. The van der Waals surface area contributed by atoms with Gasteiger partial charge in [-0.05, 0) is 12.1 Å². The van der Waals surface area contributed by atoms with Crippen LogP contribution in [0.15, 0.2) is 36.5 Å². The van der Waals surface area contributed by atoms with Crippen LogP contribution in [0.25, 0.3) is 10.9 Å². The lowest BCUT2D eigenvalue weighted by atomic mass is 10.2. The highest BCUT2D eigenvalue weighted by Crippen LogP contribution is 2.27. The van der Waals surface area contributed by atoms with Gasteiger partial charge in [0.2, 0.25) is 0 Å². The van der Waals surface area contributed by atoms with Crippen LogP contribution in [0.1, 0.15) is 0 Å². The van der Waals surface area contributed by atoms with E-state index >= 15 is 0 Å². The molecule has 0 aliphatic carbocycles.